The number of aliphatic hydroxyl groups excluding tert-OH is 2. The maximum absolute atomic E-state index is 12.5. The van der Waals surface area contributed by atoms with Crippen LogP contribution >= 0.6 is 0 Å². The number of aromatic nitrogens is 4. The third-order valence-corrected chi connectivity index (χ3v) is 7.90. The van der Waals surface area contributed by atoms with Crippen LogP contribution in [-0.4, -0.2) is 116 Å². The van der Waals surface area contributed by atoms with Crippen LogP contribution in [0.3, 0.4) is 0 Å². The molecule has 3 aliphatic heterocycles. The van der Waals surface area contributed by atoms with E-state index in [1.807, 2.05) is 0 Å². The van der Waals surface area contributed by atoms with Crippen molar-refractivity contribution in [3.8, 4) is 11.8 Å². The average molecular weight is 585 g/mol. The van der Waals surface area contributed by atoms with E-state index in [9.17, 15) is 24.6 Å². The second-order valence-corrected chi connectivity index (χ2v) is 10.9. The Morgan fingerprint density at radius 3 is 2.67 bits per heavy atom. The summed E-state index contributed by atoms with van der Waals surface area (Å²) in [4.78, 5) is 52.6. The zero-order valence-corrected chi connectivity index (χ0v) is 23.6. The highest BCUT2D eigenvalue weighted by molar-refractivity contribution is 5.83. The summed E-state index contributed by atoms with van der Waals surface area (Å²) in [5.41, 5.74) is 6.63. The highest BCUT2D eigenvalue weighted by atomic mass is 16.6. The Balaban J connectivity index is 1.17. The first-order valence-corrected chi connectivity index (χ1v) is 14.1. The third kappa shape index (κ3) is 6.10. The molecule has 226 valence electrons. The van der Waals surface area contributed by atoms with Gasteiger partial charge < -0.3 is 40.5 Å². The van der Waals surface area contributed by atoms with Gasteiger partial charge in [0.25, 0.3) is 5.91 Å². The average Bonchev–Trinajstić information content (AvgIpc) is 3.63. The van der Waals surface area contributed by atoms with E-state index in [4.69, 9.17) is 15.2 Å². The number of hydrogen-bond donors (Lipinski definition) is 4. The minimum Gasteiger partial charge on any atom is -0.449 e. The molecule has 15 nitrogen and oxygen atoms in total. The number of imidazole rings is 1. The molecular weight excluding hydrogens is 548 g/mol. The van der Waals surface area contributed by atoms with Gasteiger partial charge in [0.1, 0.15) is 17.7 Å². The summed E-state index contributed by atoms with van der Waals surface area (Å²) in [6, 6.07) is 0. The largest absolute Gasteiger partial charge is 0.449 e. The molecule has 0 saturated carbocycles. The number of anilines is 1. The van der Waals surface area contributed by atoms with Crippen LogP contribution in [0.4, 0.5) is 10.6 Å². The van der Waals surface area contributed by atoms with E-state index >= 15 is 0 Å². The SMILES string of the molecule is CCNC(=O)C1OC(n2cnc3c(N)nc(C#CCC4CCN(C(=O)OCC5CC(=O)N(C)C5)CC4)nc32)C(O)C1O. The number of hydrogen-bond acceptors (Lipinski definition) is 11. The van der Waals surface area contributed by atoms with E-state index in [2.05, 4.69) is 32.1 Å². The van der Waals surface area contributed by atoms with Crippen LogP contribution in [0.2, 0.25) is 0 Å². The van der Waals surface area contributed by atoms with Crippen LogP contribution in [0.25, 0.3) is 11.2 Å². The summed E-state index contributed by atoms with van der Waals surface area (Å²) in [7, 11) is 1.75. The van der Waals surface area contributed by atoms with E-state index in [1.54, 1.807) is 23.8 Å². The van der Waals surface area contributed by atoms with Crippen molar-refractivity contribution in [3.05, 3.63) is 12.2 Å². The summed E-state index contributed by atoms with van der Waals surface area (Å²) < 4.78 is 12.5. The highest BCUT2D eigenvalue weighted by Crippen LogP contribution is 2.32. The Morgan fingerprint density at radius 2 is 1.98 bits per heavy atom. The second-order valence-electron chi connectivity index (χ2n) is 10.9. The van der Waals surface area contributed by atoms with Gasteiger partial charge in [-0.1, -0.05) is 5.92 Å². The van der Waals surface area contributed by atoms with Gasteiger partial charge >= 0.3 is 6.09 Å². The van der Waals surface area contributed by atoms with Crippen molar-refractivity contribution in [3.63, 3.8) is 0 Å². The number of likely N-dealkylation sites (tertiary alicyclic amines) is 2. The molecule has 5 unspecified atom stereocenters. The van der Waals surface area contributed by atoms with Gasteiger partial charge in [0.05, 0.1) is 12.9 Å². The molecule has 3 amide bonds. The number of nitrogens with two attached hydrogens (primary N) is 1. The maximum atomic E-state index is 12.5. The predicted octanol–water partition coefficient (Wildman–Crippen LogP) is -0.768. The minimum absolute atomic E-state index is 0.0416. The number of fused-ring (bicyclic) bond motifs is 1. The van der Waals surface area contributed by atoms with E-state index in [0.717, 1.165) is 12.8 Å². The number of nitrogen functional groups attached to an aromatic ring is 1. The monoisotopic (exact) mass is 584 g/mol. The van der Waals surface area contributed by atoms with Crippen molar-refractivity contribution in [2.75, 3.05) is 45.6 Å². The fourth-order valence-electron chi connectivity index (χ4n) is 5.50. The molecule has 3 fully saturated rings. The van der Waals surface area contributed by atoms with E-state index in [-0.39, 0.29) is 53.2 Å². The summed E-state index contributed by atoms with van der Waals surface area (Å²) in [6.45, 7) is 4.07. The van der Waals surface area contributed by atoms with Gasteiger partial charge in [-0.05, 0) is 31.6 Å². The Morgan fingerprint density at radius 1 is 1.21 bits per heavy atom. The third-order valence-electron chi connectivity index (χ3n) is 7.90. The van der Waals surface area contributed by atoms with Gasteiger partial charge in [-0.15, -0.1) is 0 Å². The first-order chi connectivity index (χ1) is 20.2. The smallest absolute Gasteiger partial charge is 0.409 e. The molecule has 3 saturated heterocycles. The number of piperidine rings is 1. The van der Waals surface area contributed by atoms with Gasteiger partial charge in [0.2, 0.25) is 11.7 Å². The van der Waals surface area contributed by atoms with Crippen molar-refractivity contribution >= 4 is 34.9 Å². The lowest BCUT2D eigenvalue weighted by Gasteiger charge is -2.30. The molecular formula is C27H36N8O7. The molecule has 2 aromatic rings. The number of ether oxygens (including phenoxy) is 2. The normalized spacial score (nSPS) is 26.4. The van der Waals surface area contributed by atoms with Gasteiger partial charge in [-0.3, -0.25) is 14.2 Å². The van der Waals surface area contributed by atoms with Crippen LogP contribution in [-0.2, 0) is 19.1 Å². The molecule has 5 atom stereocenters. The number of aliphatic hydroxyl groups is 2. The summed E-state index contributed by atoms with van der Waals surface area (Å²) in [6.07, 6.45) is -1.68. The van der Waals surface area contributed by atoms with Crippen molar-refractivity contribution in [2.24, 2.45) is 11.8 Å². The molecule has 5 rings (SSSR count). The second kappa shape index (κ2) is 12.5. The van der Waals surface area contributed by atoms with Crippen LogP contribution in [0, 0.1) is 23.7 Å². The number of carbonyl (C=O) groups is 3. The summed E-state index contributed by atoms with van der Waals surface area (Å²) >= 11 is 0. The minimum atomic E-state index is -1.44. The van der Waals surface area contributed by atoms with Gasteiger partial charge in [0, 0.05) is 52.0 Å². The van der Waals surface area contributed by atoms with E-state index in [0.29, 0.717) is 39.0 Å². The molecule has 0 aliphatic carbocycles. The first kappa shape index (κ1) is 29.5. The van der Waals surface area contributed by atoms with Crippen LogP contribution in [0.15, 0.2) is 6.33 Å². The topological polar surface area (TPSA) is 198 Å². The van der Waals surface area contributed by atoms with Crippen LogP contribution < -0.4 is 11.1 Å². The Kier molecular flexibility index (Phi) is 8.76. The van der Waals surface area contributed by atoms with Gasteiger partial charge in [-0.25, -0.2) is 19.7 Å². The lowest BCUT2D eigenvalue weighted by molar-refractivity contribution is -0.137. The standard InChI is InChI=1S/C27H36N8O7/c1-3-29-25(39)22-20(37)21(38)26(42-22)35-14-30-19-23(28)31-17(32-24(19)35)6-4-5-15-7-9-34(10-8-15)27(40)41-13-16-11-18(36)33(2)12-16/h14-16,20-22,26,37-38H,3,5,7-13H2,1-2H3,(H,29,39)(H2,28,31,32). The van der Waals surface area contributed by atoms with Crippen LogP contribution in [0.5, 0.6) is 0 Å². The fourth-order valence-corrected chi connectivity index (χ4v) is 5.50. The number of amides is 3. The predicted molar refractivity (Wildman–Crippen MR) is 147 cm³/mol. The maximum Gasteiger partial charge on any atom is 0.409 e. The number of nitrogens with zero attached hydrogens (tertiary/aromatic N) is 6. The Bertz CT molecular complexity index is 1400. The fraction of sp³-hybridized carbons (Fsp3) is 0.630. The Hall–Kier alpha value is -4.00. The molecule has 0 radical (unpaired) electrons. The molecule has 5 heterocycles. The molecule has 0 spiro atoms. The quantitative estimate of drug-likeness (QED) is 0.311. The zero-order valence-electron chi connectivity index (χ0n) is 23.6. The molecule has 5 N–H and O–H groups in total. The molecule has 15 heteroatoms. The van der Waals surface area contributed by atoms with Crippen LogP contribution in [0.1, 0.15) is 44.7 Å². The van der Waals surface area contributed by atoms with Crippen molar-refractivity contribution in [1.82, 2.24) is 34.6 Å². The Labute approximate surface area is 242 Å². The molecule has 2 aromatic heterocycles. The van der Waals surface area contributed by atoms with E-state index < -0.39 is 30.4 Å². The lowest BCUT2D eigenvalue weighted by atomic mass is 9.94. The molecule has 3 aliphatic rings. The van der Waals surface area contributed by atoms with Crippen molar-refractivity contribution < 1.29 is 34.1 Å². The zero-order chi connectivity index (χ0) is 30.0. The van der Waals surface area contributed by atoms with E-state index in [1.165, 1.54) is 10.9 Å². The summed E-state index contributed by atoms with van der Waals surface area (Å²) in [5, 5.41) is 23.6. The van der Waals surface area contributed by atoms with Crippen molar-refractivity contribution in [1.29, 1.82) is 0 Å². The van der Waals surface area contributed by atoms with Gasteiger partial charge in [-0.2, -0.15) is 0 Å². The number of rotatable bonds is 6. The van der Waals surface area contributed by atoms with Gasteiger partial charge in [0.15, 0.2) is 23.8 Å². The summed E-state index contributed by atoms with van der Waals surface area (Å²) in [5.74, 6) is 6.17. The number of likely N-dealkylation sites (N-methyl/N-ethyl adjacent to an activating group) is 1. The lowest BCUT2D eigenvalue weighted by Crippen LogP contribution is -2.42. The number of nitrogens with one attached hydrogen (secondary N) is 1. The number of carbonyl (C=O) groups excluding carboxylic acids is 3. The molecule has 42 heavy (non-hydrogen) atoms. The van der Waals surface area contributed by atoms with Crippen molar-refractivity contribution in [2.45, 2.75) is 57.1 Å². The highest BCUT2D eigenvalue weighted by Gasteiger charge is 2.47. The first-order valence-electron chi connectivity index (χ1n) is 14.1. The molecule has 0 aromatic carbocycles. The molecule has 0 bridgehead atoms.